The molecule has 2 aliphatic rings. The van der Waals surface area contributed by atoms with Gasteiger partial charge in [0.25, 0.3) is 5.91 Å². The van der Waals surface area contributed by atoms with Crippen LogP contribution >= 0.6 is 0 Å². The van der Waals surface area contributed by atoms with Crippen LogP contribution in [0.25, 0.3) is 0 Å². The zero-order valence-electron chi connectivity index (χ0n) is 14.3. The maximum atomic E-state index is 12.6. The predicted octanol–water partition coefficient (Wildman–Crippen LogP) is 0.247. The highest BCUT2D eigenvalue weighted by atomic mass is 16.5. The van der Waals surface area contributed by atoms with Crippen LogP contribution in [0.3, 0.4) is 0 Å². The number of likely N-dealkylation sites (tertiary alicyclic amines) is 1. The summed E-state index contributed by atoms with van der Waals surface area (Å²) in [6.45, 7) is 1.97. The van der Waals surface area contributed by atoms with Crippen molar-refractivity contribution in [3.05, 3.63) is 36.2 Å². The van der Waals surface area contributed by atoms with Gasteiger partial charge in [-0.2, -0.15) is 0 Å². The average Bonchev–Trinajstić information content (AvgIpc) is 3.14. The number of aryl methyl sites for hydroxylation is 1. The number of nitrogens with zero attached hydrogens (tertiary/aromatic N) is 5. The first-order chi connectivity index (χ1) is 12.7. The third-order valence-electron chi connectivity index (χ3n) is 4.87. The van der Waals surface area contributed by atoms with Crippen LogP contribution in [0, 0.1) is 0 Å². The lowest BCUT2D eigenvalue weighted by atomic mass is 9.92. The molecule has 0 aliphatic carbocycles. The predicted molar refractivity (Wildman–Crippen MR) is 90.4 cm³/mol. The Morgan fingerprint density at radius 3 is 3.08 bits per heavy atom. The van der Waals surface area contributed by atoms with E-state index in [2.05, 4.69) is 20.8 Å². The third kappa shape index (κ3) is 3.24. The smallest absolute Gasteiger partial charge is 0.255 e. The van der Waals surface area contributed by atoms with E-state index < -0.39 is 5.60 Å². The van der Waals surface area contributed by atoms with Crippen molar-refractivity contribution in [2.75, 3.05) is 19.6 Å². The number of tetrazole rings is 1. The Balaban J connectivity index is 1.47. The lowest BCUT2D eigenvalue weighted by Crippen LogP contribution is -2.58. The fourth-order valence-electron chi connectivity index (χ4n) is 3.54. The van der Waals surface area contributed by atoms with Gasteiger partial charge in [-0.15, -0.1) is 5.10 Å². The number of piperidine rings is 1. The number of hydrogen-bond acceptors (Lipinski definition) is 6. The van der Waals surface area contributed by atoms with Gasteiger partial charge in [0.15, 0.2) is 0 Å². The summed E-state index contributed by atoms with van der Waals surface area (Å²) in [7, 11) is 0. The quantitative estimate of drug-likeness (QED) is 0.846. The molecule has 4 rings (SSSR count). The second kappa shape index (κ2) is 6.74. The molecule has 9 nitrogen and oxygen atoms in total. The summed E-state index contributed by atoms with van der Waals surface area (Å²) in [6, 6.07) is 7.22. The first-order valence-electron chi connectivity index (χ1n) is 8.70. The van der Waals surface area contributed by atoms with Gasteiger partial charge in [-0.3, -0.25) is 9.59 Å². The summed E-state index contributed by atoms with van der Waals surface area (Å²) >= 11 is 0. The number of aromatic nitrogens is 4. The molecule has 2 aromatic rings. The Morgan fingerprint density at radius 1 is 1.35 bits per heavy atom. The number of rotatable bonds is 3. The van der Waals surface area contributed by atoms with Gasteiger partial charge in [0.05, 0.1) is 25.2 Å². The van der Waals surface area contributed by atoms with Crippen molar-refractivity contribution in [2.45, 2.75) is 31.4 Å². The number of ether oxygens (including phenoxy) is 1. The second-order valence-corrected chi connectivity index (χ2v) is 6.71. The molecular weight excluding hydrogens is 336 g/mol. The number of para-hydroxylation sites is 1. The van der Waals surface area contributed by atoms with Crippen LogP contribution in [0.5, 0.6) is 5.75 Å². The van der Waals surface area contributed by atoms with Crippen molar-refractivity contribution in [3.8, 4) is 5.75 Å². The van der Waals surface area contributed by atoms with Crippen LogP contribution < -0.4 is 10.1 Å². The first kappa shape index (κ1) is 16.5. The van der Waals surface area contributed by atoms with E-state index >= 15 is 0 Å². The Hall–Kier alpha value is -2.97. The van der Waals surface area contributed by atoms with Crippen LogP contribution in [-0.4, -0.2) is 62.2 Å². The van der Waals surface area contributed by atoms with Gasteiger partial charge in [-0.1, -0.05) is 12.1 Å². The van der Waals surface area contributed by atoms with Crippen molar-refractivity contribution in [3.63, 3.8) is 0 Å². The molecular formula is C17H20N6O3. The lowest BCUT2D eigenvalue weighted by Gasteiger charge is -2.42. The summed E-state index contributed by atoms with van der Waals surface area (Å²) in [4.78, 5) is 26.7. The molecule has 0 radical (unpaired) electrons. The fourth-order valence-corrected chi connectivity index (χ4v) is 3.54. The average molecular weight is 356 g/mol. The summed E-state index contributed by atoms with van der Waals surface area (Å²) in [5.41, 5.74) is -0.0585. The Morgan fingerprint density at radius 2 is 2.23 bits per heavy atom. The Labute approximate surface area is 150 Å². The summed E-state index contributed by atoms with van der Waals surface area (Å²) in [5.74, 6) is 0.470. The highest BCUT2D eigenvalue weighted by molar-refractivity contribution is 5.97. The van der Waals surface area contributed by atoms with Crippen LogP contribution in [-0.2, 0) is 11.3 Å². The van der Waals surface area contributed by atoms with Crippen LogP contribution in [0.15, 0.2) is 30.6 Å². The molecule has 1 atom stereocenters. The number of carbonyl (C=O) groups is 2. The minimum Gasteiger partial charge on any atom is -0.483 e. The van der Waals surface area contributed by atoms with E-state index in [9.17, 15) is 9.59 Å². The van der Waals surface area contributed by atoms with Crippen LogP contribution in [0.1, 0.15) is 29.6 Å². The largest absolute Gasteiger partial charge is 0.483 e. The highest BCUT2D eigenvalue weighted by Crippen LogP contribution is 2.32. The third-order valence-corrected chi connectivity index (χ3v) is 4.87. The van der Waals surface area contributed by atoms with Crippen molar-refractivity contribution in [2.24, 2.45) is 0 Å². The number of amides is 2. The normalized spacial score (nSPS) is 22.3. The van der Waals surface area contributed by atoms with Gasteiger partial charge in [0.1, 0.15) is 17.7 Å². The number of benzene rings is 1. The zero-order chi connectivity index (χ0) is 18.0. The van der Waals surface area contributed by atoms with Crippen molar-refractivity contribution < 1.29 is 14.3 Å². The summed E-state index contributed by atoms with van der Waals surface area (Å²) in [6.07, 6.45) is 3.43. The monoisotopic (exact) mass is 356 g/mol. The molecule has 0 unspecified atom stereocenters. The van der Waals surface area contributed by atoms with Gasteiger partial charge in [-0.25, -0.2) is 4.68 Å². The highest BCUT2D eigenvalue weighted by Gasteiger charge is 2.41. The topological polar surface area (TPSA) is 102 Å². The SMILES string of the molecule is O=C1NC[C@@]2(CCCN(C(=O)CCn3cnnn3)C2)Oc2ccccc21. The van der Waals surface area contributed by atoms with Crippen molar-refractivity contribution >= 4 is 11.8 Å². The van der Waals surface area contributed by atoms with E-state index in [0.29, 0.717) is 43.9 Å². The molecule has 0 saturated carbocycles. The molecule has 9 heteroatoms. The van der Waals surface area contributed by atoms with Gasteiger partial charge < -0.3 is 15.0 Å². The minimum atomic E-state index is -0.592. The summed E-state index contributed by atoms with van der Waals surface area (Å²) in [5, 5.41) is 13.9. The number of fused-ring (bicyclic) bond motifs is 1. The van der Waals surface area contributed by atoms with Crippen molar-refractivity contribution in [1.29, 1.82) is 0 Å². The molecule has 0 bridgehead atoms. The Bertz CT molecular complexity index is 809. The maximum Gasteiger partial charge on any atom is 0.255 e. The molecule has 1 fully saturated rings. The maximum absolute atomic E-state index is 12.6. The second-order valence-electron chi connectivity index (χ2n) is 6.71. The first-order valence-corrected chi connectivity index (χ1v) is 8.70. The number of carbonyl (C=O) groups excluding carboxylic acids is 2. The lowest BCUT2D eigenvalue weighted by molar-refractivity contribution is -0.137. The van der Waals surface area contributed by atoms with E-state index in [1.807, 2.05) is 17.0 Å². The van der Waals surface area contributed by atoms with Gasteiger partial charge in [0, 0.05) is 13.0 Å². The van der Waals surface area contributed by atoms with E-state index in [4.69, 9.17) is 4.74 Å². The standard InChI is InChI=1S/C17H20N6O3/c24-15(6-9-23-12-19-20-21-23)22-8-3-7-17(11-22)10-18-16(25)13-4-1-2-5-14(13)26-17/h1-2,4-5,12H,3,6-11H2,(H,18,25)/t17-/m1/s1. The molecule has 136 valence electrons. The fraction of sp³-hybridized carbons (Fsp3) is 0.471. The van der Waals surface area contributed by atoms with E-state index in [1.165, 1.54) is 11.0 Å². The van der Waals surface area contributed by atoms with E-state index in [-0.39, 0.29) is 11.8 Å². The van der Waals surface area contributed by atoms with Crippen LogP contribution in [0.4, 0.5) is 0 Å². The molecule has 1 aromatic heterocycles. The molecule has 2 aliphatic heterocycles. The summed E-state index contributed by atoms with van der Waals surface area (Å²) < 4.78 is 7.81. The van der Waals surface area contributed by atoms with Gasteiger partial charge in [-0.05, 0) is 35.4 Å². The van der Waals surface area contributed by atoms with E-state index in [1.54, 1.807) is 12.1 Å². The molecule has 1 spiro atoms. The molecule has 3 heterocycles. The van der Waals surface area contributed by atoms with Crippen molar-refractivity contribution in [1.82, 2.24) is 30.4 Å². The molecule has 1 saturated heterocycles. The van der Waals surface area contributed by atoms with Gasteiger partial charge in [0.2, 0.25) is 5.91 Å². The minimum absolute atomic E-state index is 0.0343. The Kier molecular flexibility index (Phi) is 4.27. The zero-order valence-corrected chi connectivity index (χ0v) is 14.3. The van der Waals surface area contributed by atoms with Crippen LogP contribution in [0.2, 0.25) is 0 Å². The number of hydrogen-bond donors (Lipinski definition) is 1. The molecule has 1 aromatic carbocycles. The number of nitrogens with one attached hydrogen (secondary N) is 1. The van der Waals surface area contributed by atoms with Gasteiger partial charge >= 0.3 is 0 Å². The van der Waals surface area contributed by atoms with E-state index in [0.717, 1.165) is 12.8 Å². The molecule has 26 heavy (non-hydrogen) atoms. The molecule has 2 amide bonds. The molecule has 1 N–H and O–H groups in total.